The van der Waals surface area contributed by atoms with Crippen molar-refractivity contribution in [1.29, 1.82) is 0 Å². The Bertz CT molecular complexity index is 993. The van der Waals surface area contributed by atoms with Crippen LogP contribution in [0.15, 0.2) is 54.2 Å². The summed E-state index contributed by atoms with van der Waals surface area (Å²) >= 11 is 0. The van der Waals surface area contributed by atoms with E-state index in [2.05, 4.69) is 4.90 Å². The minimum Gasteiger partial charge on any atom is -0.454 e. The summed E-state index contributed by atoms with van der Waals surface area (Å²) < 4.78 is 10.8. The van der Waals surface area contributed by atoms with Crippen LogP contribution in [0.4, 0.5) is 0 Å². The molecular formula is C23H22N2O4. The van der Waals surface area contributed by atoms with Crippen LogP contribution in [0.25, 0.3) is 5.57 Å². The smallest absolute Gasteiger partial charge is 0.278 e. The molecule has 2 amide bonds. The van der Waals surface area contributed by atoms with Crippen molar-refractivity contribution in [3.8, 4) is 11.5 Å². The molecule has 3 heterocycles. The quantitative estimate of drug-likeness (QED) is 0.751. The minimum absolute atomic E-state index is 0.194. The van der Waals surface area contributed by atoms with Gasteiger partial charge in [0.25, 0.3) is 11.8 Å². The van der Waals surface area contributed by atoms with Crippen molar-refractivity contribution in [2.45, 2.75) is 25.8 Å². The first-order valence-corrected chi connectivity index (χ1v) is 10.0. The van der Waals surface area contributed by atoms with Gasteiger partial charge < -0.3 is 14.4 Å². The van der Waals surface area contributed by atoms with Crippen molar-refractivity contribution in [3.63, 3.8) is 0 Å². The number of imide groups is 1. The van der Waals surface area contributed by atoms with Gasteiger partial charge in [0.1, 0.15) is 5.70 Å². The molecule has 0 N–H and O–H groups in total. The monoisotopic (exact) mass is 390 g/mol. The zero-order valence-corrected chi connectivity index (χ0v) is 16.1. The predicted molar refractivity (Wildman–Crippen MR) is 107 cm³/mol. The van der Waals surface area contributed by atoms with E-state index in [1.807, 2.05) is 48.5 Å². The number of fused-ring (bicyclic) bond motifs is 1. The molecule has 0 radical (unpaired) electrons. The molecule has 6 nitrogen and oxygen atoms in total. The fourth-order valence-electron chi connectivity index (χ4n) is 4.20. The second-order valence-electron chi connectivity index (χ2n) is 7.52. The maximum atomic E-state index is 13.4. The molecule has 0 saturated carbocycles. The molecule has 3 aliphatic heterocycles. The van der Waals surface area contributed by atoms with Crippen LogP contribution in [-0.2, 0) is 16.1 Å². The number of rotatable bonds is 4. The Balaban J connectivity index is 1.49. The topological polar surface area (TPSA) is 59.1 Å². The fraction of sp³-hybridized carbons (Fsp3) is 0.304. The number of hydrogen-bond acceptors (Lipinski definition) is 5. The molecule has 5 rings (SSSR count). The third-order valence-electron chi connectivity index (χ3n) is 5.66. The van der Waals surface area contributed by atoms with Crippen LogP contribution in [0.2, 0.25) is 0 Å². The van der Waals surface area contributed by atoms with E-state index >= 15 is 0 Å². The molecule has 29 heavy (non-hydrogen) atoms. The van der Waals surface area contributed by atoms with Gasteiger partial charge in [0.05, 0.1) is 12.1 Å². The Morgan fingerprint density at radius 2 is 1.59 bits per heavy atom. The fourth-order valence-corrected chi connectivity index (χ4v) is 4.20. The lowest BCUT2D eigenvalue weighted by molar-refractivity contribution is -0.138. The summed E-state index contributed by atoms with van der Waals surface area (Å²) in [6.45, 7) is 2.02. The van der Waals surface area contributed by atoms with Gasteiger partial charge >= 0.3 is 0 Å². The highest BCUT2D eigenvalue weighted by atomic mass is 16.7. The number of likely N-dealkylation sites (tertiary alicyclic amines) is 1. The highest BCUT2D eigenvalue weighted by Crippen LogP contribution is 2.36. The predicted octanol–water partition coefficient (Wildman–Crippen LogP) is 3.18. The Hall–Kier alpha value is -3.28. The number of carbonyl (C=O) groups excluding carboxylic acids is 2. The van der Waals surface area contributed by atoms with Gasteiger partial charge in [-0.1, -0.05) is 36.4 Å². The van der Waals surface area contributed by atoms with E-state index in [4.69, 9.17) is 9.47 Å². The van der Waals surface area contributed by atoms with Crippen LogP contribution in [0, 0.1) is 0 Å². The number of carbonyl (C=O) groups is 2. The summed E-state index contributed by atoms with van der Waals surface area (Å²) in [4.78, 5) is 30.2. The number of nitrogens with zero attached hydrogens (tertiary/aromatic N) is 2. The molecule has 1 fully saturated rings. The molecule has 0 aromatic heterocycles. The molecule has 1 saturated heterocycles. The lowest BCUT2D eigenvalue weighted by Gasteiger charge is -2.29. The second-order valence-corrected chi connectivity index (χ2v) is 7.52. The Labute approximate surface area is 169 Å². The highest BCUT2D eigenvalue weighted by molar-refractivity contribution is 6.35. The van der Waals surface area contributed by atoms with Crippen LogP contribution in [-0.4, -0.2) is 41.5 Å². The van der Waals surface area contributed by atoms with Gasteiger partial charge in [-0.3, -0.25) is 14.5 Å². The third kappa shape index (κ3) is 3.14. The largest absolute Gasteiger partial charge is 0.454 e. The van der Waals surface area contributed by atoms with E-state index in [1.54, 1.807) is 0 Å². The first kappa shape index (κ1) is 17.8. The highest BCUT2D eigenvalue weighted by Gasteiger charge is 2.41. The summed E-state index contributed by atoms with van der Waals surface area (Å²) in [7, 11) is 0. The van der Waals surface area contributed by atoms with Gasteiger partial charge in [0.2, 0.25) is 6.79 Å². The van der Waals surface area contributed by atoms with Crippen LogP contribution >= 0.6 is 0 Å². The van der Waals surface area contributed by atoms with E-state index in [-0.39, 0.29) is 25.2 Å². The molecule has 3 aliphatic rings. The van der Waals surface area contributed by atoms with Crippen molar-refractivity contribution >= 4 is 17.4 Å². The summed E-state index contributed by atoms with van der Waals surface area (Å²) in [5, 5.41) is 0. The molecule has 148 valence electrons. The molecule has 6 heteroatoms. The van der Waals surface area contributed by atoms with E-state index in [0.717, 1.165) is 43.5 Å². The lowest BCUT2D eigenvalue weighted by Crippen LogP contribution is -2.36. The number of benzene rings is 2. The first-order valence-electron chi connectivity index (χ1n) is 10.0. The van der Waals surface area contributed by atoms with Crippen molar-refractivity contribution in [2.24, 2.45) is 0 Å². The Morgan fingerprint density at radius 1 is 0.828 bits per heavy atom. The molecule has 2 aromatic carbocycles. The molecule has 0 spiro atoms. The van der Waals surface area contributed by atoms with E-state index < -0.39 is 0 Å². The molecule has 0 unspecified atom stereocenters. The minimum atomic E-state index is -0.237. The van der Waals surface area contributed by atoms with Crippen LogP contribution in [0.1, 0.15) is 30.4 Å². The van der Waals surface area contributed by atoms with E-state index in [1.165, 1.54) is 4.90 Å². The molecule has 2 aromatic rings. The van der Waals surface area contributed by atoms with E-state index in [0.29, 0.717) is 22.8 Å². The molecule has 0 aliphatic carbocycles. The van der Waals surface area contributed by atoms with Gasteiger partial charge in [0, 0.05) is 13.1 Å². The summed E-state index contributed by atoms with van der Waals surface area (Å²) in [6.07, 6.45) is 3.23. The van der Waals surface area contributed by atoms with Crippen molar-refractivity contribution < 1.29 is 19.1 Å². The summed E-state index contributed by atoms with van der Waals surface area (Å²) in [6, 6.07) is 15.0. The maximum Gasteiger partial charge on any atom is 0.278 e. The van der Waals surface area contributed by atoms with Crippen LogP contribution in [0.5, 0.6) is 11.5 Å². The van der Waals surface area contributed by atoms with Crippen LogP contribution in [0.3, 0.4) is 0 Å². The summed E-state index contributed by atoms with van der Waals surface area (Å²) in [5.41, 5.74) is 2.68. The number of ether oxygens (including phenoxy) is 2. The van der Waals surface area contributed by atoms with Crippen LogP contribution < -0.4 is 9.47 Å². The summed E-state index contributed by atoms with van der Waals surface area (Å²) in [5.74, 6) is 0.881. The van der Waals surface area contributed by atoms with Gasteiger partial charge in [-0.2, -0.15) is 0 Å². The average Bonchev–Trinajstić information content (AvgIpc) is 3.32. The van der Waals surface area contributed by atoms with E-state index in [9.17, 15) is 9.59 Å². The van der Waals surface area contributed by atoms with Crippen molar-refractivity contribution in [2.75, 3.05) is 19.9 Å². The third-order valence-corrected chi connectivity index (χ3v) is 5.66. The standard InChI is InChI=1S/C23H22N2O4/c26-22-20(17-7-3-1-4-8-17)21(24-11-5-2-6-12-24)23(27)25(22)14-16-9-10-18-19(13-16)29-15-28-18/h1,3-4,7-10,13H,2,5-6,11-12,14-15H2. The average molecular weight is 390 g/mol. The van der Waals surface area contributed by atoms with Gasteiger partial charge in [-0.15, -0.1) is 0 Å². The number of amides is 2. The zero-order valence-electron chi connectivity index (χ0n) is 16.1. The van der Waals surface area contributed by atoms with Crippen molar-refractivity contribution in [1.82, 2.24) is 9.80 Å². The number of piperidine rings is 1. The maximum absolute atomic E-state index is 13.4. The van der Waals surface area contributed by atoms with Crippen molar-refractivity contribution in [3.05, 3.63) is 65.4 Å². The molecule has 0 bridgehead atoms. The van der Waals surface area contributed by atoms with Gasteiger partial charge in [-0.25, -0.2) is 0 Å². The SMILES string of the molecule is O=C1C(c2ccccc2)=C(N2CCCCC2)C(=O)N1Cc1ccc2c(c1)OCO2. The Morgan fingerprint density at radius 3 is 2.38 bits per heavy atom. The zero-order chi connectivity index (χ0) is 19.8. The second kappa shape index (κ2) is 7.28. The normalized spacial score (nSPS) is 18.8. The van der Waals surface area contributed by atoms with Gasteiger partial charge in [-0.05, 0) is 42.5 Å². The number of hydrogen-bond donors (Lipinski definition) is 0. The Kier molecular flexibility index (Phi) is 4.46. The lowest BCUT2D eigenvalue weighted by atomic mass is 10.0. The molecule has 0 atom stereocenters. The van der Waals surface area contributed by atoms with Gasteiger partial charge in [0.15, 0.2) is 11.5 Å². The first-order chi connectivity index (χ1) is 14.2. The molecular weight excluding hydrogens is 368 g/mol.